The van der Waals surface area contributed by atoms with Gasteiger partial charge in [-0.2, -0.15) is 0 Å². The second-order valence-electron chi connectivity index (χ2n) is 7.24. The smallest absolute Gasteiger partial charge is 0.248 e. The Morgan fingerprint density at radius 1 is 1.04 bits per heavy atom. The van der Waals surface area contributed by atoms with Crippen molar-refractivity contribution >= 4 is 11.8 Å². The highest BCUT2D eigenvalue weighted by Crippen LogP contribution is 2.26. The van der Waals surface area contributed by atoms with Crippen LogP contribution in [0.5, 0.6) is 0 Å². The zero-order valence-electron chi connectivity index (χ0n) is 14.6. The maximum atomic E-state index is 12.1. The normalized spacial score (nSPS) is 26.7. The van der Waals surface area contributed by atoms with Crippen molar-refractivity contribution in [3.8, 4) is 0 Å². The molecule has 2 amide bonds. The van der Waals surface area contributed by atoms with Crippen molar-refractivity contribution in [1.82, 2.24) is 10.6 Å². The molecule has 2 fully saturated rings. The van der Waals surface area contributed by atoms with Crippen molar-refractivity contribution in [3.63, 3.8) is 0 Å². The van der Waals surface area contributed by atoms with Crippen LogP contribution in [0.15, 0.2) is 0 Å². The van der Waals surface area contributed by atoms with E-state index in [1.54, 1.807) is 0 Å². The van der Waals surface area contributed by atoms with Crippen LogP contribution in [0.4, 0.5) is 0 Å². The van der Waals surface area contributed by atoms with Crippen LogP contribution < -0.4 is 10.6 Å². The zero-order chi connectivity index (χ0) is 16.7. The summed E-state index contributed by atoms with van der Waals surface area (Å²) < 4.78 is 5.88. The monoisotopic (exact) mass is 324 g/mol. The van der Waals surface area contributed by atoms with E-state index in [2.05, 4.69) is 17.6 Å². The van der Waals surface area contributed by atoms with Crippen LogP contribution in [0, 0.1) is 11.8 Å². The second kappa shape index (κ2) is 9.26. The molecule has 5 nitrogen and oxygen atoms in total. The molecule has 3 atom stereocenters. The molecule has 2 saturated carbocycles. The Morgan fingerprint density at radius 3 is 2.43 bits per heavy atom. The van der Waals surface area contributed by atoms with E-state index in [-0.39, 0.29) is 23.8 Å². The van der Waals surface area contributed by atoms with Crippen LogP contribution in [0.25, 0.3) is 0 Å². The van der Waals surface area contributed by atoms with Gasteiger partial charge in [-0.3, -0.25) is 9.59 Å². The molecule has 0 bridgehead atoms. The molecule has 0 aromatic rings. The maximum Gasteiger partial charge on any atom is 0.248 e. The topological polar surface area (TPSA) is 67.4 Å². The van der Waals surface area contributed by atoms with Gasteiger partial charge in [-0.25, -0.2) is 0 Å². The number of ether oxygens (including phenoxy) is 1. The Bertz CT molecular complexity index is 394. The first kappa shape index (κ1) is 18.2. The number of rotatable bonds is 7. The molecule has 0 aromatic heterocycles. The molecule has 2 N–H and O–H groups in total. The van der Waals surface area contributed by atoms with Crippen LogP contribution in [-0.4, -0.2) is 37.1 Å². The second-order valence-corrected chi connectivity index (χ2v) is 7.24. The Morgan fingerprint density at radius 2 is 1.74 bits per heavy atom. The van der Waals surface area contributed by atoms with E-state index in [1.807, 2.05) is 6.92 Å². The standard InChI is InChI=1S/C18H32N2O3/c1-13-6-5-9-16(12-13)23-14(2)17(21)19-10-11-20-18(22)15-7-3-4-8-15/h13-16H,3-12H2,1-2H3,(H,19,21)(H,20,22)/t13-,14+,16-/m1/s1. The third kappa shape index (κ3) is 6.13. The van der Waals surface area contributed by atoms with E-state index >= 15 is 0 Å². The van der Waals surface area contributed by atoms with Gasteiger partial charge in [0.05, 0.1) is 6.10 Å². The van der Waals surface area contributed by atoms with Crippen LogP contribution in [0.3, 0.4) is 0 Å². The van der Waals surface area contributed by atoms with E-state index in [9.17, 15) is 9.59 Å². The van der Waals surface area contributed by atoms with Gasteiger partial charge in [-0.15, -0.1) is 0 Å². The molecule has 0 aromatic carbocycles. The Labute approximate surface area is 139 Å². The third-order valence-electron chi connectivity index (χ3n) is 5.10. The van der Waals surface area contributed by atoms with Gasteiger partial charge in [0.25, 0.3) is 0 Å². The van der Waals surface area contributed by atoms with E-state index in [1.165, 1.54) is 12.8 Å². The van der Waals surface area contributed by atoms with Gasteiger partial charge in [-0.1, -0.05) is 32.6 Å². The summed E-state index contributed by atoms with van der Waals surface area (Å²) in [6.07, 6.45) is 8.67. The molecular formula is C18H32N2O3. The predicted octanol–water partition coefficient (Wildman–Crippen LogP) is 2.39. The molecule has 2 rings (SSSR count). The molecule has 0 aliphatic heterocycles. The minimum atomic E-state index is -0.421. The largest absolute Gasteiger partial charge is 0.365 e. The van der Waals surface area contributed by atoms with Crippen LogP contribution in [0.2, 0.25) is 0 Å². The lowest BCUT2D eigenvalue weighted by Gasteiger charge is -2.29. The van der Waals surface area contributed by atoms with Crippen LogP contribution in [0.1, 0.15) is 65.2 Å². The van der Waals surface area contributed by atoms with Gasteiger partial charge in [0, 0.05) is 19.0 Å². The Hall–Kier alpha value is -1.10. The summed E-state index contributed by atoms with van der Waals surface area (Å²) in [6.45, 7) is 5.01. The first-order valence-electron chi connectivity index (χ1n) is 9.27. The molecule has 0 radical (unpaired) electrons. The fourth-order valence-electron chi connectivity index (χ4n) is 3.70. The summed E-state index contributed by atoms with van der Waals surface area (Å²) >= 11 is 0. The van der Waals surface area contributed by atoms with Gasteiger partial charge < -0.3 is 15.4 Å². The summed E-state index contributed by atoms with van der Waals surface area (Å²) in [6, 6.07) is 0. The summed E-state index contributed by atoms with van der Waals surface area (Å²) in [5, 5.41) is 5.76. The molecule has 5 heteroatoms. The van der Waals surface area contributed by atoms with Gasteiger partial charge in [-0.05, 0) is 38.5 Å². The van der Waals surface area contributed by atoms with Crippen LogP contribution in [-0.2, 0) is 14.3 Å². The van der Waals surface area contributed by atoms with E-state index in [0.29, 0.717) is 19.0 Å². The minimum absolute atomic E-state index is 0.0849. The van der Waals surface area contributed by atoms with Gasteiger partial charge >= 0.3 is 0 Å². The molecule has 2 aliphatic carbocycles. The molecule has 0 unspecified atom stereocenters. The van der Waals surface area contributed by atoms with Gasteiger partial charge in [0.1, 0.15) is 6.10 Å². The molecule has 0 saturated heterocycles. The Balaban J connectivity index is 1.57. The van der Waals surface area contributed by atoms with Gasteiger partial charge in [0.2, 0.25) is 11.8 Å². The first-order valence-corrected chi connectivity index (χ1v) is 9.27. The SMILES string of the molecule is C[C@@H]1CCC[C@@H](O[C@@H](C)C(=O)NCCNC(=O)C2CCCC2)C1. The van der Waals surface area contributed by atoms with Crippen molar-refractivity contribution in [2.45, 2.75) is 77.4 Å². The van der Waals surface area contributed by atoms with Gasteiger partial charge in [0.15, 0.2) is 0 Å². The lowest BCUT2D eigenvalue weighted by atomic mass is 9.88. The van der Waals surface area contributed by atoms with Crippen molar-refractivity contribution in [2.75, 3.05) is 13.1 Å². The number of amides is 2. The molecular weight excluding hydrogens is 292 g/mol. The van der Waals surface area contributed by atoms with Crippen molar-refractivity contribution in [1.29, 1.82) is 0 Å². The van der Waals surface area contributed by atoms with E-state index < -0.39 is 6.10 Å². The summed E-state index contributed by atoms with van der Waals surface area (Å²) in [7, 11) is 0. The number of carbonyl (C=O) groups is 2. The number of nitrogens with one attached hydrogen (secondary N) is 2. The first-order chi connectivity index (χ1) is 11.1. The maximum absolute atomic E-state index is 12.1. The lowest BCUT2D eigenvalue weighted by molar-refractivity contribution is -0.137. The number of hydrogen-bond donors (Lipinski definition) is 2. The average Bonchev–Trinajstić information content (AvgIpc) is 3.05. The van der Waals surface area contributed by atoms with Crippen molar-refractivity contribution in [2.24, 2.45) is 11.8 Å². The lowest BCUT2D eigenvalue weighted by Crippen LogP contribution is -2.42. The zero-order valence-corrected chi connectivity index (χ0v) is 14.6. The third-order valence-corrected chi connectivity index (χ3v) is 5.10. The van der Waals surface area contributed by atoms with E-state index in [4.69, 9.17) is 4.74 Å². The fourth-order valence-corrected chi connectivity index (χ4v) is 3.70. The van der Waals surface area contributed by atoms with Crippen molar-refractivity contribution in [3.05, 3.63) is 0 Å². The highest BCUT2D eigenvalue weighted by atomic mass is 16.5. The van der Waals surface area contributed by atoms with E-state index in [0.717, 1.165) is 38.5 Å². The summed E-state index contributed by atoms with van der Waals surface area (Å²) in [5.41, 5.74) is 0. The fraction of sp³-hybridized carbons (Fsp3) is 0.889. The quantitative estimate of drug-likeness (QED) is 0.707. The highest BCUT2D eigenvalue weighted by Gasteiger charge is 2.24. The summed E-state index contributed by atoms with van der Waals surface area (Å²) in [4.78, 5) is 23.9. The molecule has 132 valence electrons. The highest BCUT2D eigenvalue weighted by molar-refractivity contribution is 5.81. The molecule has 0 heterocycles. The predicted molar refractivity (Wildman–Crippen MR) is 89.9 cm³/mol. The number of carbonyl (C=O) groups excluding carboxylic acids is 2. The Kier molecular flexibility index (Phi) is 7.34. The van der Waals surface area contributed by atoms with Crippen molar-refractivity contribution < 1.29 is 14.3 Å². The molecule has 23 heavy (non-hydrogen) atoms. The molecule has 2 aliphatic rings. The average molecular weight is 324 g/mol. The summed E-state index contributed by atoms with van der Waals surface area (Å²) in [5.74, 6) is 0.923. The molecule has 0 spiro atoms. The van der Waals surface area contributed by atoms with Crippen LogP contribution >= 0.6 is 0 Å². The minimum Gasteiger partial charge on any atom is -0.365 e. The number of hydrogen-bond acceptors (Lipinski definition) is 3.